The first-order chi connectivity index (χ1) is 10.0. The molecule has 0 aliphatic rings. The molecule has 3 nitrogen and oxygen atoms in total. The second-order valence-corrected chi connectivity index (χ2v) is 4.43. The number of carbonyl (C=O) groups excluding carboxylic acids is 1. The van der Waals surface area contributed by atoms with Crippen LogP contribution in [0.4, 0.5) is 8.78 Å². The molecule has 0 aromatic heterocycles. The molecule has 2 aromatic rings. The van der Waals surface area contributed by atoms with Gasteiger partial charge in [0.15, 0.2) is 28.9 Å². The average molecular weight is 292 g/mol. The van der Waals surface area contributed by atoms with Crippen LogP contribution in [0.3, 0.4) is 0 Å². The van der Waals surface area contributed by atoms with E-state index in [0.717, 1.165) is 0 Å². The van der Waals surface area contributed by atoms with Crippen molar-refractivity contribution in [2.75, 3.05) is 14.2 Å². The summed E-state index contributed by atoms with van der Waals surface area (Å²) in [5, 5.41) is 0. The van der Waals surface area contributed by atoms with Crippen LogP contribution in [0.5, 0.6) is 11.5 Å². The Morgan fingerprint density at radius 3 is 2.29 bits per heavy atom. The van der Waals surface area contributed by atoms with Crippen LogP contribution in [-0.4, -0.2) is 20.0 Å². The smallest absolute Gasteiger partial charge is 0.199 e. The van der Waals surface area contributed by atoms with Gasteiger partial charge in [0.05, 0.1) is 25.3 Å². The maximum absolute atomic E-state index is 13.9. The first-order valence-corrected chi connectivity index (χ1v) is 6.21. The number of ketones is 1. The standard InChI is InChI=1S/C16H14F2O3/c1-9-7-8-10(14(18)13(9)17)15(19)11-5-4-6-12(20-2)16(11)21-3/h4-8H,1-3H3. The summed E-state index contributed by atoms with van der Waals surface area (Å²) >= 11 is 0. The molecule has 110 valence electrons. The highest BCUT2D eigenvalue weighted by Crippen LogP contribution is 2.32. The molecule has 5 heteroatoms. The molecule has 0 spiro atoms. The van der Waals surface area contributed by atoms with Crippen molar-refractivity contribution in [1.82, 2.24) is 0 Å². The lowest BCUT2D eigenvalue weighted by Crippen LogP contribution is -2.09. The summed E-state index contributed by atoms with van der Waals surface area (Å²) in [6, 6.07) is 7.28. The molecule has 0 aliphatic carbocycles. The highest BCUT2D eigenvalue weighted by atomic mass is 19.2. The molecule has 2 rings (SSSR count). The van der Waals surface area contributed by atoms with Crippen molar-refractivity contribution in [2.24, 2.45) is 0 Å². The number of rotatable bonds is 4. The lowest BCUT2D eigenvalue weighted by molar-refractivity contribution is 0.103. The predicted molar refractivity (Wildman–Crippen MR) is 74.1 cm³/mol. The molecule has 0 heterocycles. The summed E-state index contributed by atoms with van der Waals surface area (Å²) in [5.41, 5.74) is -0.0923. The van der Waals surface area contributed by atoms with Gasteiger partial charge in [-0.1, -0.05) is 12.1 Å². The fourth-order valence-electron chi connectivity index (χ4n) is 2.03. The Kier molecular flexibility index (Phi) is 4.21. The molecule has 2 aromatic carbocycles. The Balaban J connectivity index is 2.58. The maximum Gasteiger partial charge on any atom is 0.199 e. The summed E-state index contributed by atoms with van der Waals surface area (Å²) in [6.45, 7) is 1.43. The van der Waals surface area contributed by atoms with E-state index in [1.54, 1.807) is 12.1 Å². The number of halogens is 2. The van der Waals surface area contributed by atoms with Gasteiger partial charge in [-0.15, -0.1) is 0 Å². The van der Waals surface area contributed by atoms with Gasteiger partial charge in [-0.2, -0.15) is 0 Å². The van der Waals surface area contributed by atoms with E-state index >= 15 is 0 Å². The van der Waals surface area contributed by atoms with Crippen LogP contribution in [-0.2, 0) is 0 Å². The molecule has 0 unspecified atom stereocenters. The quantitative estimate of drug-likeness (QED) is 0.809. The number of hydrogen-bond acceptors (Lipinski definition) is 3. The summed E-state index contributed by atoms with van der Waals surface area (Å²) in [7, 11) is 2.80. The minimum atomic E-state index is -1.16. The molecule has 0 amide bonds. The second-order valence-electron chi connectivity index (χ2n) is 4.43. The van der Waals surface area contributed by atoms with Crippen LogP contribution in [0.25, 0.3) is 0 Å². The van der Waals surface area contributed by atoms with Gasteiger partial charge in [0.2, 0.25) is 0 Å². The zero-order chi connectivity index (χ0) is 15.6. The van der Waals surface area contributed by atoms with Gasteiger partial charge in [-0.25, -0.2) is 8.78 Å². The van der Waals surface area contributed by atoms with Gasteiger partial charge >= 0.3 is 0 Å². The first kappa shape index (κ1) is 15.0. The van der Waals surface area contributed by atoms with Crippen molar-refractivity contribution >= 4 is 5.78 Å². The molecular weight excluding hydrogens is 278 g/mol. The number of para-hydroxylation sites is 1. The van der Waals surface area contributed by atoms with Crippen LogP contribution < -0.4 is 9.47 Å². The van der Waals surface area contributed by atoms with E-state index in [1.165, 1.54) is 39.3 Å². The topological polar surface area (TPSA) is 35.5 Å². The molecule has 21 heavy (non-hydrogen) atoms. The fourth-order valence-corrected chi connectivity index (χ4v) is 2.03. The van der Waals surface area contributed by atoms with Crippen molar-refractivity contribution < 1.29 is 23.0 Å². The molecular formula is C16H14F2O3. The minimum Gasteiger partial charge on any atom is -0.493 e. The lowest BCUT2D eigenvalue weighted by atomic mass is 10.00. The van der Waals surface area contributed by atoms with Gasteiger partial charge in [-0.3, -0.25) is 4.79 Å². The Morgan fingerprint density at radius 1 is 0.952 bits per heavy atom. The number of carbonyl (C=O) groups is 1. The first-order valence-electron chi connectivity index (χ1n) is 6.21. The Bertz CT molecular complexity index is 696. The second kappa shape index (κ2) is 5.91. The third-order valence-electron chi connectivity index (χ3n) is 3.17. The minimum absolute atomic E-state index is 0.110. The van der Waals surface area contributed by atoms with E-state index in [9.17, 15) is 13.6 Å². The van der Waals surface area contributed by atoms with E-state index in [2.05, 4.69) is 0 Å². The van der Waals surface area contributed by atoms with Crippen LogP contribution in [0, 0.1) is 18.6 Å². The van der Waals surface area contributed by atoms with E-state index in [-0.39, 0.29) is 22.4 Å². The zero-order valence-electron chi connectivity index (χ0n) is 11.9. The Hall–Kier alpha value is -2.43. The highest BCUT2D eigenvalue weighted by molar-refractivity contribution is 6.11. The van der Waals surface area contributed by atoms with E-state index in [4.69, 9.17) is 9.47 Å². The maximum atomic E-state index is 13.9. The molecule has 0 atom stereocenters. The molecule has 0 saturated heterocycles. The van der Waals surface area contributed by atoms with E-state index in [1.807, 2.05) is 0 Å². The Labute approximate surface area is 121 Å². The van der Waals surface area contributed by atoms with Gasteiger partial charge in [0, 0.05) is 0 Å². The van der Waals surface area contributed by atoms with Crippen LogP contribution in [0.1, 0.15) is 21.5 Å². The number of aryl methyl sites for hydroxylation is 1. The molecule has 0 bridgehead atoms. The van der Waals surface area contributed by atoms with Gasteiger partial charge in [-0.05, 0) is 30.7 Å². The average Bonchev–Trinajstić information content (AvgIpc) is 2.51. The predicted octanol–water partition coefficient (Wildman–Crippen LogP) is 3.52. The van der Waals surface area contributed by atoms with Gasteiger partial charge in [0.25, 0.3) is 0 Å². The Morgan fingerprint density at radius 2 is 1.67 bits per heavy atom. The highest BCUT2D eigenvalue weighted by Gasteiger charge is 2.22. The van der Waals surface area contributed by atoms with Gasteiger partial charge in [0.1, 0.15) is 0 Å². The summed E-state index contributed by atoms with van der Waals surface area (Å²) in [6.07, 6.45) is 0. The lowest BCUT2D eigenvalue weighted by Gasteiger charge is -2.12. The largest absolute Gasteiger partial charge is 0.493 e. The normalized spacial score (nSPS) is 10.3. The third kappa shape index (κ3) is 2.59. The molecule has 0 radical (unpaired) electrons. The number of hydrogen-bond donors (Lipinski definition) is 0. The SMILES string of the molecule is COc1cccc(C(=O)c2ccc(C)c(F)c2F)c1OC. The van der Waals surface area contributed by atoms with Crippen molar-refractivity contribution in [1.29, 1.82) is 0 Å². The molecule has 0 saturated carbocycles. The third-order valence-corrected chi connectivity index (χ3v) is 3.17. The molecule has 0 fully saturated rings. The van der Waals surface area contributed by atoms with Crippen LogP contribution in [0.15, 0.2) is 30.3 Å². The van der Waals surface area contributed by atoms with Crippen molar-refractivity contribution in [3.8, 4) is 11.5 Å². The van der Waals surface area contributed by atoms with Gasteiger partial charge < -0.3 is 9.47 Å². The number of ether oxygens (including phenoxy) is 2. The van der Waals surface area contributed by atoms with Crippen molar-refractivity contribution in [2.45, 2.75) is 6.92 Å². The van der Waals surface area contributed by atoms with E-state index in [0.29, 0.717) is 5.75 Å². The van der Waals surface area contributed by atoms with Crippen LogP contribution >= 0.6 is 0 Å². The van der Waals surface area contributed by atoms with Crippen LogP contribution in [0.2, 0.25) is 0 Å². The number of benzene rings is 2. The summed E-state index contributed by atoms with van der Waals surface area (Å²) < 4.78 is 37.8. The summed E-state index contributed by atoms with van der Waals surface area (Å²) in [4.78, 5) is 12.4. The number of methoxy groups -OCH3 is 2. The summed E-state index contributed by atoms with van der Waals surface area (Å²) in [5.74, 6) is -2.32. The van der Waals surface area contributed by atoms with E-state index < -0.39 is 17.4 Å². The van der Waals surface area contributed by atoms with Crippen molar-refractivity contribution in [3.63, 3.8) is 0 Å². The zero-order valence-corrected chi connectivity index (χ0v) is 11.9. The van der Waals surface area contributed by atoms with Crippen molar-refractivity contribution in [3.05, 3.63) is 58.7 Å². The molecule has 0 N–H and O–H groups in total. The monoisotopic (exact) mass is 292 g/mol. The molecule has 0 aliphatic heterocycles. The fraction of sp³-hybridized carbons (Fsp3) is 0.188.